The maximum atomic E-state index is 11.1. The van der Waals surface area contributed by atoms with E-state index in [2.05, 4.69) is 10.3 Å². The number of anilines is 1. The van der Waals surface area contributed by atoms with Crippen molar-refractivity contribution < 1.29 is 9.59 Å². The van der Waals surface area contributed by atoms with Gasteiger partial charge < -0.3 is 21.4 Å². The van der Waals surface area contributed by atoms with Crippen LogP contribution in [-0.4, -0.2) is 27.9 Å². The molecule has 0 radical (unpaired) electrons. The molecule has 0 aliphatic carbocycles. The van der Waals surface area contributed by atoms with Crippen LogP contribution in [0.3, 0.4) is 0 Å². The second-order valence-corrected chi connectivity index (χ2v) is 4.30. The molecule has 0 aromatic carbocycles. The molecule has 2 amide bonds. The van der Waals surface area contributed by atoms with Gasteiger partial charge in [0.05, 0.1) is 0 Å². The normalized spacial score (nSPS) is 20.2. The molecule has 7 nitrogen and oxygen atoms in total. The van der Waals surface area contributed by atoms with E-state index in [1.807, 2.05) is 0 Å². The van der Waals surface area contributed by atoms with Crippen LogP contribution in [0.1, 0.15) is 17.4 Å². The van der Waals surface area contributed by atoms with E-state index in [1.54, 1.807) is 17.7 Å². The zero-order valence-corrected chi connectivity index (χ0v) is 9.51. The average molecular weight is 237 g/mol. The Labute approximate surface area is 98.2 Å². The van der Waals surface area contributed by atoms with Crippen LogP contribution >= 0.6 is 0 Å². The summed E-state index contributed by atoms with van der Waals surface area (Å²) in [6.45, 7) is 3.01. The standard InChI is InChI=1S/C10H15N5O2/c1-5(8(11)16)6-2-13-10-14-7(9(12)17)4-15(10)3-6/h4-6H,2-3H2,1H3,(H2,11,16)(H2,12,17)(H,13,14). The third kappa shape index (κ3) is 2.08. The topological polar surface area (TPSA) is 116 Å². The second kappa shape index (κ2) is 4.08. The monoisotopic (exact) mass is 237 g/mol. The van der Waals surface area contributed by atoms with Crippen LogP contribution in [0.5, 0.6) is 0 Å². The molecule has 17 heavy (non-hydrogen) atoms. The molecule has 1 aliphatic rings. The minimum Gasteiger partial charge on any atom is -0.369 e. The number of hydrogen-bond acceptors (Lipinski definition) is 4. The van der Waals surface area contributed by atoms with Gasteiger partial charge in [-0.3, -0.25) is 9.59 Å². The highest BCUT2D eigenvalue weighted by Crippen LogP contribution is 2.22. The van der Waals surface area contributed by atoms with Gasteiger partial charge in [0.15, 0.2) is 0 Å². The molecule has 1 aromatic rings. The van der Waals surface area contributed by atoms with Crippen LogP contribution in [-0.2, 0) is 11.3 Å². The van der Waals surface area contributed by atoms with Crippen LogP contribution in [0.15, 0.2) is 6.20 Å². The van der Waals surface area contributed by atoms with E-state index < -0.39 is 5.91 Å². The maximum Gasteiger partial charge on any atom is 0.268 e. The zero-order chi connectivity index (χ0) is 12.6. The van der Waals surface area contributed by atoms with E-state index in [9.17, 15) is 9.59 Å². The first kappa shape index (κ1) is 11.4. The van der Waals surface area contributed by atoms with Crippen molar-refractivity contribution in [2.45, 2.75) is 13.5 Å². The van der Waals surface area contributed by atoms with Crippen LogP contribution in [0.2, 0.25) is 0 Å². The minimum absolute atomic E-state index is 0.0925. The number of fused-ring (bicyclic) bond motifs is 1. The largest absolute Gasteiger partial charge is 0.369 e. The van der Waals surface area contributed by atoms with Gasteiger partial charge >= 0.3 is 0 Å². The molecule has 1 aromatic heterocycles. The Morgan fingerprint density at radius 2 is 2.29 bits per heavy atom. The summed E-state index contributed by atoms with van der Waals surface area (Å²) >= 11 is 0. The van der Waals surface area contributed by atoms with E-state index in [0.29, 0.717) is 19.0 Å². The van der Waals surface area contributed by atoms with Crippen molar-refractivity contribution in [1.29, 1.82) is 0 Å². The zero-order valence-electron chi connectivity index (χ0n) is 9.51. The van der Waals surface area contributed by atoms with E-state index in [0.717, 1.165) is 0 Å². The lowest BCUT2D eigenvalue weighted by Gasteiger charge is -2.27. The number of hydrogen-bond donors (Lipinski definition) is 3. The number of aromatic nitrogens is 2. The Bertz CT molecular complexity index is 467. The lowest BCUT2D eigenvalue weighted by atomic mass is 9.92. The van der Waals surface area contributed by atoms with Crippen molar-refractivity contribution in [3.8, 4) is 0 Å². The fraction of sp³-hybridized carbons (Fsp3) is 0.500. The molecule has 2 heterocycles. The molecule has 0 saturated heterocycles. The summed E-state index contributed by atoms with van der Waals surface area (Å²) in [4.78, 5) is 26.2. The number of carbonyl (C=O) groups excluding carboxylic acids is 2. The predicted molar refractivity (Wildman–Crippen MR) is 61.1 cm³/mol. The van der Waals surface area contributed by atoms with Crippen molar-refractivity contribution in [3.63, 3.8) is 0 Å². The van der Waals surface area contributed by atoms with Gasteiger partial charge in [0.1, 0.15) is 5.69 Å². The molecule has 2 unspecified atom stereocenters. The predicted octanol–water partition coefficient (Wildman–Crippen LogP) is -0.855. The Kier molecular flexibility index (Phi) is 2.74. The van der Waals surface area contributed by atoms with Gasteiger partial charge in [-0.05, 0) is 0 Å². The van der Waals surface area contributed by atoms with E-state index >= 15 is 0 Å². The number of nitrogens with two attached hydrogens (primary N) is 2. The Balaban J connectivity index is 2.18. The lowest BCUT2D eigenvalue weighted by Crippen LogP contribution is -2.37. The highest BCUT2D eigenvalue weighted by atomic mass is 16.1. The first-order chi connectivity index (χ1) is 7.99. The van der Waals surface area contributed by atoms with Crippen LogP contribution in [0, 0.1) is 11.8 Å². The van der Waals surface area contributed by atoms with Crippen LogP contribution < -0.4 is 16.8 Å². The van der Waals surface area contributed by atoms with Gasteiger partial charge in [0.25, 0.3) is 5.91 Å². The fourth-order valence-electron chi connectivity index (χ4n) is 1.92. The lowest BCUT2D eigenvalue weighted by molar-refractivity contribution is -0.122. The van der Waals surface area contributed by atoms with Crippen LogP contribution in [0.4, 0.5) is 5.95 Å². The first-order valence-corrected chi connectivity index (χ1v) is 5.39. The summed E-state index contributed by atoms with van der Waals surface area (Å²) in [6.07, 6.45) is 1.59. The summed E-state index contributed by atoms with van der Waals surface area (Å²) in [5.74, 6) is -0.416. The van der Waals surface area contributed by atoms with E-state index in [-0.39, 0.29) is 23.4 Å². The van der Waals surface area contributed by atoms with Crippen molar-refractivity contribution in [1.82, 2.24) is 9.55 Å². The summed E-state index contributed by atoms with van der Waals surface area (Å²) in [5.41, 5.74) is 10.6. The molecule has 2 atom stereocenters. The van der Waals surface area contributed by atoms with Gasteiger partial charge in [-0.15, -0.1) is 0 Å². The summed E-state index contributed by atoms with van der Waals surface area (Å²) < 4.78 is 1.79. The highest BCUT2D eigenvalue weighted by molar-refractivity contribution is 5.91. The van der Waals surface area contributed by atoms with Crippen molar-refractivity contribution in [2.24, 2.45) is 23.3 Å². The van der Waals surface area contributed by atoms with E-state index in [4.69, 9.17) is 11.5 Å². The summed E-state index contributed by atoms with van der Waals surface area (Å²) in [7, 11) is 0. The average Bonchev–Trinajstić information content (AvgIpc) is 2.70. The highest BCUT2D eigenvalue weighted by Gasteiger charge is 2.27. The van der Waals surface area contributed by atoms with Crippen molar-refractivity contribution >= 4 is 17.8 Å². The Morgan fingerprint density at radius 1 is 1.59 bits per heavy atom. The molecule has 1 aliphatic heterocycles. The molecule has 2 rings (SSSR count). The molecular weight excluding hydrogens is 222 g/mol. The number of carbonyl (C=O) groups is 2. The number of imidazole rings is 1. The third-order valence-corrected chi connectivity index (χ3v) is 3.14. The van der Waals surface area contributed by atoms with Crippen molar-refractivity contribution in [2.75, 3.05) is 11.9 Å². The third-order valence-electron chi connectivity index (χ3n) is 3.14. The van der Waals surface area contributed by atoms with Gasteiger partial charge in [0.2, 0.25) is 11.9 Å². The Hall–Kier alpha value is -2.05. The quantitative estimate of drug-likeness (QED) is 0.634. The second-order valence-electron chi connectivity index (χ2n) is 4.30. The number of nitrogens with zero attached hydrogens (tertiary/aromatic N) is 2. The summed E-state index contributed by atoms with van der Waals surface area (Å²) in [5, 5.41) is 3.06. The fourth-order valence-corrected chi connectivity index (χ4v) is 1.92. The van der Waals surface area contributed by atoms with Crippen LogP contribution in [0.25, 0.3) is 0 Å². The summed E-state index contributed by atoms with van der Waals surface area (Å²) in [6, 6.07) is 0. The molecule has 5 N–H and O–H groups in total. The number of rotatable bonds is 3. The molecule has 0 spiro atoms. The molecule has 7 heteroatoms. The maximum absolute atomic E-state index is 11.1. The van der Waals surface area contributed by atoms with Gasteiger partial charge in [-0.2, -0.15) is 0 Å². The smallest absolute Gasteiger partial charge is 0.268 e. The molecule has 92 valence electrons. The Morgan fingerprint density at radius 3 is 2.88 bits per heavy atom. The molecular formula is C10H15N5O2. The SMILES string of the molecule is CC(C(N)=O)C1CNc2nc(C(N)=O)cn2C1. The van der Waals surface area contributed by atoms with Gasteiger partial charge in [-0.25, -0.2) is 4.98 Å². The first-order valence-electron chi connectivity index (χ1n) is 5.39. The van der Waals surface area contributed by atoms with Gasteiger partial charge in [0, 0.05) is 31.1 Å². The van der Waals surface area contributed by atoms with E-state index in [1.165, 1.54) is 0 Å². The van der Waals surface area contributed by atoms with Crippen molar-refractivity contribution in [3.05, 3.63) is 11.9 Å². The van der Waals surface area contributed by atoms with Gasteiger partial charge in [-0.1, -0.05) is 6.92 Å². The molecule has 0 bridgehead atoms. The number of nitrogens with one attached hydrogen (secondary N) is 1. The number of amides is 2. The minimum atomic E-state index is -0.562. The molecule has 0 fully saturated rings. The molecule has 0 saturated carbocycles. The number of primary amides is 2.